The first-order valence-corrected chi connectivity index (χ1v) is 8.30. The molecule has 10 nitrogen and oxygen atoms in total. The summed E-state index contributed by atoms with van der Waals surface area (Å²) in [6.07, 6.45) is 1.47. The van der Waals surface area contributed by atoms with Gasteiger partial charge in [0.05, 0.1) is 29.8 Å². The number of ether oxygens (including phenoxy) is 1. The van der Waals surface area contributed by atoms with E-state index < -0.39 is 35.0 Å². The van der Waals surface area contributed by atoms with E-state index in [-0.39, 0.29) is 23.7 Å². The minimum atomic E-state index is -0.927. The van der Waals surface area contributed by atoms with Crippen LogP contribution in [0.5, 0.6) is 0 Å². The smallest absolute Gasteiger partial charge is 0.338 e. The number of carbonyl (C=O) groups excluding carboxylic acids is 3. The van der Waals surface area contributed by atoms with Gasteiger partial charge in [-0.1, -0.05) is 11.6 Å². The standard InChI is InChI=1S/C17H16ClN3O7/c1-20(9-15(22)19-8-12-3-2-6-27-12)16(23)10-28-17(24)11-4-5-13(18)14(7-11)21(25)26/h2-7H,8-10H2,1H3,(H,19,22). The predicted molar refractivity (Wildman–Crippen MR) is 96.6 cm³/mol. The molecule has 148 valence electrons. The fourth-order valence-electron chi connectivity index (χ4n) is 2.06. The van der Waals surface area contributed by atoms with Crippen molar-refractivity contribution in [2.24, 2.45) is 0 Å². The number of halogens is 1. The third-order valence-corrected chi connectivity index (χ3v) is 3.87. The summed E-state index contributed by atoms with van der Waals surface area (Å²) in [6.45, 7) is -0.696. The van der Waals surface area contributed by atoms with Gasteiger partial charge in [-0.3, -0.25) is 19.7 Å². The highest BCUT2D eigenvalue weighted by Gasteiger charge is 2.19. The summed E-state index contributed by atoms with van der Waals surface area (Å²) in [6, 6.07) is 6.76. The van der Waals surface area contributed by atoms with Crippen molar-refractivity contribution >= 4 is 35.1 Å². The summed E-state index contributed by atoms with van der Waals surface area (Å²) >= 11 is 5.67. The number of esters is 1. The Kier molecular flexibility index (Phi) is 7.10. The van der Waals surface area contributed by atoms with Crippen LogP contribution in [0.4, 0.5) is 5.69 Å². The van der Waals surface area contributed by atoms with Crippen LogP contribution in [0, 0.1) is 10.1 Å². The Hall–Kier alpha value is -3.40. The maximum atomic E-state index is 12.0. The van der Waals surface area contributed by atoms with Crippen molar-refractivity contribution in [2.75, 3.05) is 20.2 Å². The molecule has 0 spiro atoms. The minimum Gasteiger partial charge on any atom is -0.467 e. The van der Waals surface area contributed by atoms with Gasteiger partial charge in [-0.2, -0.15) is 0 Å². The third-order valence-electron chi connectivity index (χ3n) is 3.55. The molecule has 2 aromatic rings. The second-order valence-corrected chi connectivity index (χ2v) is 6.01. The molecule has 0 unspecified atom stereocenters. The van der Waals surface area contributed by atoms with E-state index in [1.165, 1.54) is 25.4 Å². The number of amides is 2. The summed E-state index contributed by atoms with van der Waals surface area (Å²) in [5.74, 6) is -1.41. The van der Waals surface area contributed by atoms with Gasteiger partial charge in [0.2, 0.25) is 5.91 Å². The van der Waals surface area contributed by atoms with Crippen molar-refractivity contribution in [3.05, 3.63) is 63.1 Å². The molecule has 1 aromatic carbocycles. The first-order chi connectivity index (χ1) is 13.3. The number of nitro groups is 1. The zero-order chi connectivity index (χ0) is 20.7. The Bertz CT molecular complexity index is 883. The van der Waals surface area contributed by atoms with E-state index in [0.29, 0.717) is 5.76 Å². The van der Waals surface area contributed by atoms with Gasteiger partial charge < -0.3 is 19.4 Å². The van der Waals surface area contributed by atoms with Gasteiger partial charge in [0.25, 0.3) is 11.6 Å². The molecule has 2 rings (SSSR count). The molecule has 11 heteroatoms. The molecular formula is C17H16ClN3O7. The molecule has 0 aliphatic heterocycles. The van der Waals surface area contributed by atoms with Crippen LogP contribution in [0.25, 0.3) is 0 Å². The molecule has 1 N–H and O–H groups in total. The van der Waals surface area contributed by atoms with Crippen LogP contribution < -0.4 is 5.32 Å². The van der Waals surface area contributed by atoms with Crippen LogP contribution >= 0.6 is 11.6 Å². The summed E-state index contributed by atoms with van der Waals surface area (Å²) in [5.41, 5.74) is -0.574. The van der Waals surface area contributed by atoms with E-state index in [9.17, 15) is 24.5 Å². The van der Waals surface area contributed by atoms with Gasteiger partial charge in [-0.15, -0.1) is 0 Å². The van der Waals surface area contributed by atoms with Crippen molar-refractivity contribution in [3.63, 3.8) is 0 Å². The zero-order valence-corrected chi connectivity index (χ0v) is 15.5. The lowest BCUT2D eigenvalue weighted by atomic mass is 10.2. The quantitative estimate of drug-likeness (QED) is 0.399. The van der Waals surface area contributed by atoms with Gasteiger partial charge in [0.1, 0.15) is 10.8 Å². The highest BCUT2D eigenvalue weighted by atomic mass is 35.5. The fraction of sp³-hybridized carbons (Fsp3) is 0.235. The average Bonchev–Trinajstić information content (AvgIpc) is 3.17. The van der Waals surface area contributed by atoms with Gasteiger partial charge in [0.15, 0.2) is 6.61 Å². The minimum absolute atomic E-state index is 0.122. The number of hydrogen-bond acceptors (Lipinski definition) is 7. The van der Waals surface area contributed by atoms with E-state index in [4.69, 9.17) is 20.8 Å². The molecule has 0 radical (unpaired) electrons. The SMILES string of the molecule is CN(CC(=O)NCc1ccco1)C(=O)COC(=O)c1ccc(Cl)c([N+](=O)[O-])c1. The van der Waals surface area contributed by atoms with E-state index in [0.717, 1.165) is 11.0 Å². The molecule has 1 heterocycles. The van der Waals surface area contributed by atoms with Crippen LogP contribution in [0.15, 0.2) is 41.0 Å². The first-order valence-electron chi connectivity index (χ1n) is 7.92. The van der Waals surface area contributed by atoms with Crippen LogP contribution in [0.3, 0.4) is 0 Å². The van der Waals surface area contributed by atoms with Crippen LogP contribution in [0.2, 0.25) is 5.02 Å². The van der Waals surface area contributed by atoms with Crippen molar-refractivity contribution in [1.82, 2.24) is 10.2 Å². The Morgan fingerprint density at radius 1 is 1.32 bits per heavy atom. The maximum absolute atomic E-state index is 12.0. The zero-order valence-electron chi connectivity index (χ0n) is 14.7. The second kappa shape index (κ2) is 9.51. The van der Waals surface area contributed by atoms with Crippen molar-refractivity contribution in [1.29, 1.82) is 0 Å². The summed E-state index contributed by atoms with van der Waals surface area (Å²) < 4.78 is 9.91. The summed E-state index contributed by atoms with van der Waals surface area (Å²) in [7, 11) is 1.37. The maximum Gasteiger partial charge on any atom is 0.338 e. The number of carbonyl (C=O) groups is 3. The summed E-state index contributed by atoms with van der Waals surface area (Å²) in [5, 5.41) is 13.3. The molecule has 2 amide bonds. The van der Waals surface area contributed by atoms with Crippen LogP contribution in [-0.4, -0.2) is 47.8 Å². The number of benzene rings is 1. The monoisotopic (exact) mass is 409 g/mol. The Labute approximate surface area is 164 Å². The van der Waals surface area contributed by atoms with Gasteiger partial charge in [-0.05, 0) is 24.3 Å². The van der Waals surface area contributed by atoms with E-state index in [2.05, 4.69) is 5.32 Å². The molecule has 0 saturated heterocycles. The number of nitrogens with one attached hydrogen (secondary N) is 1. The largest absolute Gasteiger partial charge is 0.467 e. The summed E-state index contributed by atoms with van der Waals surface area (Å²) in [4.78, 5) is 47.0. The van der Waals surface area contributed by atoms with Gasteiger partial charge in [0, 0.05) is 13.1 Å². The lowest BCUT2D eigenvalue weighted by Crippen LogP contribution is -2.39. The number of nitro benzene ring substituents is 1. The molecule has 0 bridgehead atoms. The molecule has 28 heavy (non-hydrogen) atoms. The number of furan rings is 1. The Morgan fingerprint density at radius 3 is 2.71 bits per heavy atom. The lowest BCUT2D eigenvalue weighted by Gasteiger charge is -2.16. The van der Waals surface area contributed by atoms with Crippen molar-refractivity contribution in [3.8, 4) is 0 Å². The van der Waals surface area contributed by atoms with Gasteiger partial charge >= 0.3 is 5.97 Å². The normalized spacial score (nSPS) is 10.2. The Morgan fingerprint density at radius 2 is 2.07 bits per heavy atom. The van der Waals surface area contributed by atoms with E-state index in [1.807, 2.05) is 0 Å². The second-order valence-electron chi connectivity index (χ2n) is 5.61. The number of nitrogens with zero attached hydrogens (tertiary/aromatic N) is 2. The average molecular weight is 410 g/mol. The van der Waals surface area contributed by atoms with Gasteiger partial charge in [-0.25, -0.2) is 4.79 Å². The molecule has 0 saturated carbocycles. The predicted octanol–water partition coefficient (Wildman–Crippen LogP) is 1.77. The number of likely N-dealkylation sites (N-methyl/N-ethyl adjacent to an activating group) is 1. The first kappa shape index (κ1) is 20.9. The molecule has 0 aliphatic carbocycles. The van der Waals surface area contributed by atoms with Crippen molar-refractivity contribution in [2.45, 2.75) is 6.54 Å². The molecule has 0 fully saturated rings. The highest BCUT2D eigenvalue weighted by molar-refractivity contribution is 6.32. The molecule has 1 aromatic heterocycles. The molecular weight excluding hydrogens is 394 g/mol. The molecule has 0 atom stereocenters. The number of rotatable bonds is 8. The lowest BCUT2D eigenvalue weighted by molar-refractivity contribution is -0.384. The highest BCUT2D eigenvalue weighted by Crippen LogP contribution is 2.25. The third kappa shape index (κ3) is 5.81. The van der Waals surface area contributed by atoms with E-state index in [1.54, 1.807) is 12.1 Å². The van der Waals surface area contributed by atoms with Crippen LogP contribution in [-0.2, 0) is 20.9 Å². The fourth-order valence-corrected chi connectivity index (χ4v) is 2.25. The molecule has 0 aliphatic rings. The van der Waals surface area contributed by atoms with Crippen molar-refractivity contribution < 1.29 is 28.5 Å². The Balaban J connectivity index is 1.82. The van der Waals surface area contributed by atoms with E-state index >= 15 is 0 Å². The van der Waals surface area contributed by atoms with Crippen LogP contribution in [0.1, 0.15) is 16.1 Å². The number of hydrogen-bond donors (Lipinski definition) is 1. The topological polar surface area (TPSA) is 132 Å².